The normalized spacial score (nSPS) is 29.6. The predicted molar refractivity (Wildman–Crippen MR) is 73.1 cm³/mol. The van der Waals surface area contributed by atoms with E-state index in [-0.39, 0.29) is 19.1 Å². The van der Waals surface area contributed by atoms with Crippen molar-refractivity contribution in [1.82, 2.24) is 5.32 Å². The lowest BCUT2D eigenvalue weighted by atomic mass is 9.78. The van der Waals surface area contributed by atoms with E-state index in [1.165, 1.54) is 0 Å². The van der Waals surface area contributed by atoms with Gasteiger partial charge in [-0.3, -0.25) is 4.79 Å². The van der Waals surface area contributed by atoms with Crippen LogP contribution in [0.5, 0.6) is 0 Å². The van der Waals surface area contributed by atoms with Crippen LogP contribution in [0.25, 0.3) is 0 Å². The minimum absolute atomic E-state index is 0.0364. The molecule has 0 aromatic heterocycles. The summed E-state index contributed by atoms with van der Waals surface area (Å²) >= 11 is 0. The third-order valence-corrected chi connectivity index (χ3v) is 4.72. The first-order chi connectivity index (χ1) is 9.55. The Hall–Kier alpha value is -1.14. The summed E-state index contributed by atoms with van der Waals surface area (Å²) in [7, 11) is 0. The second kappa shape index (κ2) is 6.10. The molecule has 2 fully saturated rings. The largest absolute Gasteiger partial charge is 0.479 e. The molecule has 114 valence electrons. The molecule has 0 spiro atoms. The molecule has 2 rings (SSSR count). The summed E-state index contributed by atoms with van der Waals surface area (Å²) in [6, 6.07) is 0. The number of ether oxygens (including phenoxy) is 1. The van der Waals surface area contributed by atoms with E-state index in [0.717, 1.165) is 38.5 Å². The van der Waals surface area contributed by atoms with E-state index in [4.69, 9.17) is 10.5 Å². The van der Waals surface area contributed by atoms with Crippen molar-refractivity contribution >= 4 is 11.9 Å². The molecule has 20 heavy (non-hydrogen) atoms. The molecule has 1 aliphatic heterocycles. The van der Waals surface area contributed by atoms with Crippen molar-refractivity contribution in [1.29, 1.82) is 0 Å². The predicted octanol–water partition coefficient (Wildman–Crippen LogP) is 0.646. The van der Waals surface area contributed by atoms with E-state index in [0.29, 0.717) is 13.0 Å². The first-order valence-corrected chi connectivity index (χ1v) is 7.39. The number of nitrogens with one attached hydrogen (secondary N) is 1. The molecule has 0 bridgehead atoms. The highest BCUT2D eigenvalue weighted by Crippen LogP contribution is 2.35. The minimum atomic E-state index is -1.27. The average Bonchev–Trinajstić information content (AvgIpc) is 2.77. The highest BCUT2D eigenvalue weighted by molar-refractivity contribution is 5.90. The van der Waals surface area contributed by atoms with Crippen LogP contribution in [0, 0.1) is 5.41 Å². The maximum atomic E-state index is 12.7. The summed E-state index contributed by atoms with van der Waals surface area (Å²) in [5.74, 6) is -1.24. The van der Waals surface area contributed by atoms with Crippen LogP contribution < -0.4 is 11.1 Å². The zero-order valence-electron chi connectivity index (χ0n) is 11.8. The summed E-state index contributed by atoms with van der Waals surface area (Å²) in [5, 5.41) is 12.1. The molecular formula is C14H24N2O4. The topological polar surface area (TPSA) is 102 Å². The zero-order chi connectivity index (χ0) is 14.6. The Bertz CT molecular complexity index is 369. The Morgan fingerprint density at radius 3 is 2.25 bits per heavy atom. The molecule has 6 heteroatoms. The molecule has 0 aromatic carbocycles. The van der Waals surface area contributed by atoms with Gasteiger partial charge in [0, 0.05) is 19.6 Å². The maximum absolute atomic E-state index is 12.7. The number of aliphatic carboxylic acids is 1. The Kier molecular flexibility index (Phi) is 4.65. The summed E-state index contributed by atoms with van der Waals surface area (Å²) in [6.07, 6.45) is 5.97. The molecule has 0 aromatic rings. The fourth-order valence-electron chi connectivity index (χ4n) is 3.16. The number of carbonyl (C=O) groups excluding carboxylic acids is 1. The average molecular weight is 284 g/mol. The van der Waals surface area contributed by atoms with Crippen molar-refractivity contribution in [2.75, 3.05) is 19.8 Å². The van der Waals surface area contributed by atoms with Crippen LogP contribution in [-0.2, 0) is 14.3 Å². The molecular weight excluding hydrogens is 260 g/mol. The van der Waals surface area contributed by atoms with Crippen LogP contribution in [0.3, 0.4) is 0 Å². The van der Waals surface area contributed by atoms with Crippen LogP contribution in [0.4, 0.5) is 0 Å². The SMILES string of the molecule is NCC1(C(=O)NC2(C(=O)O)CCOC2)CCCCCC1. The van der Waals surface area contributed by atoms with Gasteiger partial charge < -0.3 is 20.9 Å². The number of rotatable bonds is 4. The Morgan fingerprint density at radius 2 is 1.80 bits per heavy atom. The van der Waals surface area contributed by atoms with Crippen molar-refractivity contribution < 1.29 is 19.4 Å². The van der Waals surface area contributed by atoms with E-state index >= 15 is 0 Å². The van der Waals surface area contributed by atoms with Gasteiger partial charge in [0.25, 0.3) is 0 Å². The lowest BCUT2D eigenvalue weighted by Crippen LogP contribution is -2.60. The lowest BCUT2D eigenvalue weighted by molar-refractivity contribution is -0.150. The molecule has 4 N–H and O–H groups in total. The Labute approximate surface area is 119 Å². The van der Waals surface area contributed by atoms with Crippen LogP contribution >= 0.6 is 0 Å². The van der Waals surface area contributed by atoms with Crippen LogP contribution in [-0.4, -0.2) is 42.3 Å². The second-order valence-corrected chi connectivity index (χ2v) is 6.04. The van der Waals surface area contributed by atoms with Gasteiger partial charge in [-0.15, -0.1) is 0 Å². The van der Waals surface area contributed by atoms with Gasteiger partial charge in [-0.25, -0.2) is 4.79 Å². The number of amides is 1. The molecule has 2 aliphatic rings. The molecule has 1 saturated carbocycles. The van der Waals surface area contributed by atoms with Crippen molar-refractivity contribution in [3.63, 3.8) is 0 Å². The van der Waals surface area contributed by atoms with Gasteiger partial charge in [-0.05, 0) is 12.8 Å². The number of carboxylic acids is 1. The minimum Gasteiger partial charge on any atom is -0.479 e. The summed E-state index contributed by atoms with van der Waals surface area (Å²) < 4.78 is 5.17. The lowest BCUT2D eigenvalue weighted by Gasteiger charge is -2.34. The highest BCUT2D eigenvalue weighted by atomic mass is 16.5. The molecule has 1 atom stereocenters. The van der Waals surface area contributed by atoms with Gasteiger partial charge in [-0.2, -0.15) is 0 Å². The third kappa shape index (κ3) is 2.81. The van der Waals surface area contributed by atoms with Gasteiger partial charge in [-0.1, -0.05) is 25.7 Å². The Morgan fingerprint density at radius 1 is 1.15 bits per heavy atom. The van der Waals surface area contributed by atoms with E-state index < -0.39 is 16.9 Å². The van der Waals surface area contributed by atoms with Gasteiger partial charge in [0.2, 0.25) is 5.91 Å². The third-order valence-electron chi connectivity index (χ3n) is 4.72. The van der Waals surface area contributed by atoms with Gasteiger partial charge in [0.05, 0.1) is 12.0 Å². The fourth-order valence-corrected chi connectivity index (χ4v) is 3.16. The molecule has 0 radical (unpaired) electrons. The second-order valence-electron chi connectivity index (χ2n) is 6.04. The summed E-state index contributed by atoms with van der Waals surface area (Å²) in [4.78, 5) is 24.1. The monoisotopic (exact) mass is 284 g/mol. The zero-order valence-corrected chi connectivity index (χ0v) is 11.8. The van der Waals surface area contributed by atoms with Gasteiger partial charge in [0.15, 0.2) is 5.54 Å². The van der Waals surface area contributed by atoms with Crippen molar-refractivity contribution in [3.05, 3.63) is 0 Å². The van der Waals surface area contributed by atoms with Gasteiger partial charge in [0.1, 0.15) is 0 Å². The molecule has 1 aliphatic carbocycles. The number of hydrogen-bond acceptors (Lipinski definition) is 4. The number of carboxylic acid groups (broad SMARTS) is 1. The molecule has 1 amide bonds. The Balaban J connectivity index is 2.13. The number of hydrogen-bond donors (Lipinski definition) is 3. The van der Waals surface area contributed by atoms with Crippen molar-refractivity contribution in [2.24, 2.45) is 11.1 Å². The van der Waals surface area contributed by atoms with Crippen LogP contribution in [0.15, 0.2) is 0 Å². The first-order valence-electron chi connectivity index (χ1n) is 7.39. The van der Waals surface area contributed by atoms with Crippen molar-refractivity contribution in [3.8, 4) is 0 Å². The standard InChI is InChI=1S/C14H24N2O4/c15-9-13(5-3-1-2-4-6-13)11(17)16-14(12(18)19)7-8-20-10-14/h1-10,15H2,(H,16,17)(H,18,19). The molecule has 1 saturated heterocycles. The fraction of sp³-hybridized carbons (Fsp3) is 0.857. The molecule has 1 heterocycles. The number of nitrogens with two attached hydrogens (primary N) is 1. The summed E-state index contributed by atoms with van der Waals surface area (Å²) in [5.41, 5.74) is 3.98. The summed E-state index contributed by atoms with van der Waals surface area (Å²) in [6.45, 7) is 0.673. The van der Waals surface area contributed by atoms with Crippen LogP contribution in [0.1, 0.15) is 44.9 Å². The molecule has 1 unspecified atom stereocenters. The maximum Gasteiger partial charge on any atom is 0.331 e. The van der Waals surface area contributed by atoms with E-state index in [1.54, 1.807) is 0 Å². The quantitative estimate of drug-likeness (QED) is 0.658. The van der Waals surface area contributed by atoms with E-state index in [2.05, 4.69) is 5.32 Å². The molecule has 6 nitrogen and oxygen atoms in total. The first kappa shape index (κ1) is 15.3. The van der Waals surface area contributed by atoms with Crippen molar-refractivity contribution in [2.45, 2.75) is 50.5 Å². The van der Waals surface area contributed by atoms with Crippen LogP contribution in [0.2, 0.25) is 0 Å². The van der Waals surface area contributed by atoms with E-state index in [1.807, 2.05) is 0 Å². The van der Waals surface area contributed by atoms with Gasteiger partial charge >= 0.3 is 5.97 Å². The smallest absolute Gasteiger partial charge is 0.331 e. The highest BCUT2D eigenvalue weighted by Gasteiger charge is 2.48. The number of carbonyl (C=O) groups is 2. The van der Waals surface area contributed by atoms with E-state index in [9.17, 15) is 14.7 Å².